The molecule has 1 heterocycles. The smallest absolute Gasteiger partial charge is 0.165 e. The molecule has 0 unspecified atom stereocenters. The number of aromatic nitrogens is 2. The van der Waals surface area contributed by atoms with E-state index >= 15 is 0 Å². The molecule has 0 saturated carbocycles. The first kappa shape index (κ1) is 15.5. The molecule has 0 aliphatic carbocycles. The van der Waals surface area contributed by atoms with E-state index in [2.05, 4.69) is 36.1 Å². The fourth-order valence-electron chi connectivity index (χ4n) is 2.03. The van der Waals surface area contributed by atoms with Crippen molar-refractivity contribution < 1.29 is 9.13 Å². The molecule has 0 bridgehead atoms. The Morgan fingerprint density at radius 2 is 2.10 bits per heavy atom. The predicted molar refractivity (Wildman–Crippen MR) is 82.0 cm³/mol. The molecule has 114 valence electrons. The molecule has 0 saturated heterocycles. The van der Waals surface area contributed by atoms with E-state index in [-0.39, 0.29) is 17.1 Å². The maximum absolute atomic E-state index is 13.7. The number of imidazole rings is 1. The van der Waals surface area contributed by atoms with Gasteiger partial charge in [-0.15, -0.1) is 0 Å². The van der Waals surface area contributed by atoms with Crippen LogP contribution in [0.4, 0.5) is 4.39 Å². The number of benzene rings is 1. The zero-order chi connectivity index (χ0) is 15.5. The maximum Gasteiger partial charge on any atom is 0.165 e. The Bertz CT molecular complexity index is 602. The zero-order valence-corrected chi connectivity index (χ0v) is 13.0. The summed E-state index contributed by atoms with van der Waals surface area (Å²) in [6, 6.07) is 4.88. The second-order valence-corrected chi connectivity index (χ2v) is 6.02. The van der Waals surface area contributed by atoms with Gasteiger partial charge < -0.3 is 15.0 Å². The molecule has 2 rings (SSSR count). The van der Waals surface area contributed by atoms with E-state index in [0.717, 1.165) is 30.0 Å². The van der Waals surface area contributed by atoms with Crippen LogP contribution in [0.3, 0.4) is 0 Å². The van der Waals surface area contributed by atoms with Gasteiger partial charge in [0.1, 0.15) is 5.82 Å². The molecule has 0 amide bonds. The lowest BCUT2D eigenvalue weighted by Crippen LogP contribution is -2.37. The highest BCUT2D eigenvalue weighted by Crippen LogP contribution is 2.24. The second-order valence-electron chi connectivity index (χ2n) is 6.02. The number of hydrogen-bond acceptors (Lipinski definition) is 3. The Morgan fingerprint density at radius 1 is 1.33 bits per heavy atom. The Balaban J connectivity index is 2.04. The Labute approximate surface area is 124 Å². The van der Waals surface area contributed by atoms with Crippen LogP contribution in [0.2, 0.25) is 0 Å². The van der Waals surface area contributed by atoms with E-state index in [1.165, 1.54) is 13.2 Å². The van der Waals surface area contributed by atoms with Gasteiger partial charge in [0, 0.05) is 24.1 Å². The first-order valence-electron chi connectivity index (χ1n) is 7.02. The number of hydrogen-bond donors (Lipinski definition) is 2. The van der Waals surface area contributed by atoms with E-state index in [1.54, 1.807) is 12.3 Å². The number of nitrogens with zero attached hydrogens (tertiary/aromatic N) is 1. The first-order chi connectivity index (χ1) is 9.89. The van der Waals surface area contributed by atoms with Crippen molar-refractivity contribution in [1.82, 2.24) is 15.3 Å². The molecule has 0 aliphatic rings. The summed E-state index contributed by atoms with van der Waals surface area (Å²) >= 11 is 0. The molecule has 1 aromatic carbocycles. The minimum Gasteiger partial charge on any atom is -0.494 e. The van der Waals surface area contributed by atoms with Crippen LogP contribution in [0.25, 0.3) is 11.3 Å². The number of nitrogens with one attached hydrogen (secondary N) is 2. The van der Waals surface area contributed by atoms with Gasteiger partial charge in [-0.05, 0) is 39.0 Å². The maximum atomic E-state index is 13.7. The van der Waals surface area contributed by atoms with Crippen LogP contribution in [0, 0.1) is 5.82 Å². The van der Waals surface area contributed by atoms with Crippen LogP contribution in [0.5, 0.6) is 5.75 Å². The van der Waals surface area contributed by atoms with Gasteiger partial charge in [0.2, 0.25) is 0 Å². The second kappa shape index (κ2) is 6.26. The fraction of sp³-hybridized carbons (Fsp3) is 0.438. The summed E-state index contributed by atoms with van der Waals surface area (Å²) in [6.07, 6.45) is 2.53. The SMILES string of the molecule is COc1ccc(-c2cnc(CCNC(C)(C)C)[nH]2)cc1F. The van der Waals surface area contributed by atoms with E-state index < -0.39 is 0 Å². The van der Waals surface area contributed by atoms with Gasteiger partial charge in [-0.25, -0.2) is 9.37 Å². The lowest BCUT2D eigenvalue weighted by atomic mass is 10.1. The van der Waals surface area contributed by atoms with Crippen molar-refractivity contribution in [3.05, 3.63) is 36.0 Å². The van der Waals surface area contributed by atoms with Gasteiger partial charge in [0.25, 0.3) is 0 Å². The fourth-order valence-corrected chi connectivity index (χ4v) is 2.03. The van der Waals surface area contributed by atoms with E-state index in [9.17, 15) is 4.39 Å². The Morgan fingerprint density at radius 3 is 2.71 bits per heavy atom. The highest BCUT2D eigenvalue weighted by atomic mass is 19.1. The third kappa shape index (κ3) is 4.29. The molecule has 4 nitrogen and oxygen atoms in total. The van der Waals surface area contributed by atoms with Crippen LogP contribution in [-0.2, 0) is 6.42 Å². The summed E-state index contributed by atoms with van der Waals surface area (Å²) in [7, 11) is 1.45. The number of rotatable bonds is 5. The van der Waals surface area contributed by atoms with Crippen molar-refractivity contribution in [2.24, 2.45) is 0 Å². The van der Waals surface area contributed by atoms with E-state index in [1.807, 2.05) is 6.07 Å². The zero-order valence-electron chi connectivity index (χ0n) is 13.0. The van der Waals surface area contributed by atoms with Gasteiger partial charge in [-0.2, -0.15) is 0 Å². The van der Waals surface area contributed by atoms with E-state index in [0.29, 0.717) is 0 Å². The van der Waals surface area contributed by atoms with Crippen molar-refractivity contribution >= 4 is 0 Å². The average Bonchev–Trinajstić information content (AvgIpc) is 2.86. The third-order valence-electron chi connectivity index (χ3n) is 3.11. The number of aromatic amines is 1. The molecule has 2 N–H and O–H groups in total. The summed E-state index contributed by atoms with van der Waals surface area (Å²) in [5, 5.41) is 3.41. The molecule has 0 fully saturated rings. The standard InChI is InChI=1S/C16H22FN3O/c1-16(2,3)19-8-7-15-18-10-13(20-15)11-5-6-14(21-4)12(17)9-11/h5-6,9-10,19H,7-8H2,1-4H3,(H,18,20). The molecular weight excluding hydrogens is 269 g/mol. The quantitative estimate of drug-likeness (QED) is 0.889. The molecule has 0 atom stereocenters. The molecule has 21 heavy (non-hydrogen) atoms. The summed E-state index contributed by atoms with van der Waals surface area (Å²) in [5.74, 6) is 0.756. The topological polar surface area (TPSA) is 49.9 Å². The van der Waals surface area contributed by atoms with Gasteiger partial charge >= 0.3 is 0 Å². The summed E-state index contributed by atoms with van der Waals surface area (Å²) in [6.45, 7) is 7.22. The summed E-state index contributed by atoms with van der Waals surface area (Å²) in [4.78, 5) is 7.56. The minimum atomic E-state index is -0.374. The van der Waals surface area contributed by atoms with Crippen molar-refractivity contribution in [2.45, 2.75) is 32.7 Å². The average molecular weight is 291 g/mol. The number of halogens is 1. The largest absolute Gasteiger partial charge is 0.494 e. The van der Waals surface area contributed by atoms with Gasteiger partial charge in [-0.3, -0.25) is 0 Å². The normalized spacial score (nSPS) is 11.7. The van der Waals surface area contributed by atoms with Crippen LogP contribution >= 0.6 is 0 Å². The van der Waals surface area contributed by atoms with Crippen molar-refractivity contribution in [1.29, 1.82) is 0 Å². The number of H-pyrrole nitrogens is 1. The lowest BCUT2D eigenvalue weighted by Gasteiger charge is -2.19. The predicted octanol–water partition coefficient (Wildman–Crippen LogP) is 3.16. The molecule has 0 spiro atoms. The van der Waals surface area contributed by atoms with Crippen LogP contribution in [0.15, 0.2) is 24.4 Å². The van der Waals surface area contributed by atoms with Gasteiger partial charge in [-0.1, -0.05) is 0 Å². The molecule has 2 aromatic rings. The highest BCUT2D eigenvalue weighted by Gasteiger charge is 2.10. The molecule has 5 heteroatoms. The number of ether oxygens (including phenoxy) is 1. The highest BCUT2D eigenvalue weighted by molar-refractivity contribution is 5.59. The molecule has 1 aromatic heterocycles. The minimum absolute atomic E-state index is 0.0918. The van der Waals surface area contributed by atoms with E-state index in [4.69, 9.17) is 4.74 Å². The Hall–Kier alpha value is -1.88. The van der Waals surface area contributed by atoms with Crippen LogP contribution in [0.1, 0.15) is 26.6 Å². The molecular formula is C16H22FN3O. The van der Waals surface area contributed by atoms with Crippen LogP contribution < -0.4 is 10.1 Å². The van der Waals surface area contributed by atoms with Gasteiger partial charge in [0.05, 0.1) is 19.0 Å². The van der Waals surface area contributed by atoms with Crippen molar-refractivity contribution in [3.63, 3.8) is 0 Å². The third-order valence-corrected chi connectivity index (χ3v) is 3.11. The lowest BCUT2D eigenvalue weighted by molar-refractivity contribution is 0.386. The summed E-state index contributed by atoms with van der Waals surface area (Å²) < 4.78 is 18.6. The van der Waals surface area contributed by atoms with Gasteiger partial charge in [0.15, 0.2) is 11.6 Å². The van der Waals surface area contributed by atoms with Crippen molar-refractivity contribution in [3.8, 4) is 17.0 Å². The molecule has 0 radical (unpaired) electrons. The first-order valence-corrected chi connectivity index (χ1v) is 7.02. The number of methoxy groups -OCH3 is 1. The molecule has 0 aliphatic heterocycles. The monoisotopic (exact) mass is 291 g/mol. The summed E-state index contributed by atoms with van der Waals surface area (Å²) in [5.41, 5.74) is 1.66. The van der Waals surface area contributed by atoms with Crippen LogP contribution in [-0.4, -0.2) is 29.2 Å². The van der Waals surface area contributed by atoms with Crippen molar-refractivity contribution in [2.75, 3.05) is 13.7 Å². The Kier molecular flexibility index (Phi) is 4.63.